The topological polar surface area (TPSA) is 63.6 Å². The first-order valence-corrected chi connectivity index (χ1v) is 4.87. The van der Waals surface area contributed by atoms with E-state index in [1.165, 1.54) is 0 Å². The lowest BCUT2D eigenvalue weighted by Gasteiger charge is -2.17. The molecule has 1 aliphatic rings. The van der Waals surface area contributed by atoms with Crippen molar-refractivity contribution in [1.29, 1.82) is 0 Å². The van der Waals surface area contributed by atoms with Crippen molar-refractivity contribution >= 4 is 11.9 Å². The highest BCUT2D eigenvalue weighted by molar-refractivity contribution is 5.92. The van der Waals surface area contributed by atoms with Crippen LogP contribution in [-0.4, -0.2) is 23.1 Å². The van der Waals surface area contributed by atoms with Crippen LogP contribution in [0.2, 0.25) is 0 Å². The van der Waals surface area contributed by atoms with E-state index >= 15 is 0 Å². The molecule has 1 unspecified atom stereocenters. The molecule has 1 N–H and O–H groups in total. The van der Waals surface area contributed by atoms with Gasteiger partial charge in [-0.3, -0.25) is 4.79 Å². The summed E-state index contributed by atoms with van der Waals surface area (Å²) < 4.78 is 5.07. The van der Waals surface area contributed by atoms with Crippen LogP contribution in [0.25, 0.3) is 0 Å². The number of ether oxygens (including phenoxy) is 1. The van der Waals surface area contributed by atoms with Crippen LogP contribution in [-0.2, 0) is 14.3 Å². The number of aliphatic carboxylic acids is 1. The van der Waals surface area contributed by atoms with Gasteiger partial charge in [-0.15, -0.1) is 0 Å². The first-order valence-electron chi connectivity index (χ1n) is 4.87. The zero-order chi connectivity index (χ0) is 11.3. The second-order valence-electron chi connectivity index (χ2n) is 3.48. The maximum absolute atomic E-state index is 11.3. The minimum Gasteiger partial charge on any atom is -0.481 e. The quantitative estimate of drug-likeness (QED) is 0.435. The average molecular weight is 210 g/mol. The number of hydrogen-bond acceptors (Lipinski definition) is 3. The van der Waals surface area contributed by atoms with Crippen LogP contribution in [0.1, 0.15) is 25.7 Å². The Morgan fingerprint density at radius 1 is 1.53 bits per heavy atom. The van der Waals surface area contributed by atoms with Crippen LogP contribution >= 0.6 is 0 Å². The van der Waals surface area contributed by atoms with Gasteiger partial charge in [0.1, 0.15) is 6.10 Å². The maximum Gasteiger partial charge on any atom is 0.334 e. The molecule has 1 aliphatic carbocycles. The summed E-state index contributed by atoms with van der Waals surface area (Å²) >= 11 is 0. The minimum atomic E-state index is -1.07. The number of rotatable bonds is 4. The zero-order valence-corrected chi connectivity index (χ0v) is 8.44. The van der Waals surface area contributed by atoms with Crippen LogP contribution in [0.3, 0.4) is 0 Å². The van der Waals surface area contributed by atoms with E-state index in [9.17, 15) is 9.59 Å². The molecule has 0 aromatic carbocycles. The highest BCUT2D eigenvalue weighted by Gasteiger charge is 2.17. The molecule has 0 aromatic rings. The van der Waals surface area contributed by atoms with E-state index in [1.807, 2.05) is 12.2 Å². The highest BCUT2D eigenvalue weighted by Crippen LogP contribution is 2.15. The van der Waals surface area contributed by atoms with E-state index in [4.69, 9.17) is 9.84 Å². The van der Waals surface area contributed by atoms with Gasteiger partial charge >= 0.3 is 11.9 Å². The van der Waals surface area contributed by atoms with Gasteiger partial charge in [0.2, 0.25) is 0 Å². The van der Waals surface area contributed by atoms with Crippen LogP contribution in [0.5, 0.6) is 0 Å². The van der Waals surface area contributed by atoms with Crippen molar-refractivity contribution < 1.29 is 19.4 Å². The van der Waals surface area contributed by atoms with Gasteiger partial charge in [-0.1, -0.05) is 12.7 Å². The Morgan fingerprint density at radius 3 is 2.80 bits per heavy atom. The number of allylic oxidation sites excluding steroid dienone is 1. The van der Waals surface area contributed by atoms with E-state index in [2.05, 4.69) is 6.58 Å². The third kappa shape index (κ3) is 3.97. The Morgan fingerprint density at radius 2 is 2.27 bits per heavy atom. The molecule has 1 rings (SSSR count). The van der Waals surface area contributed by atoms with Crippen LogP contribution in [0.15, 0.2) is 24.3 Å². The van der Waals surface area contributed by atoms with Gasteiger partial charge in [-0.2, -0.15) is 0 Å². The lowest BCUT2D eigenvalue weighted by Crippen LogP contribution is -2.19. The second kappa shape index (κ2) is 5.34. The first-order chi connectivity index (χ1) is 7.09. The van der Waals surface area contributed by atoms with Gasteiger partial charge in [-0.05, 0) is 25.3 Å². The second-order valence-corrected chi connectivity index (χ2v) is 3.48. The van der Waals surface area contributed by atoms with Crippen LogP contribution in [0, 0.1) is 0 Å². The summed E-state index contributed by atoms with van der Waals surface area (Å²) in [5.74, 6) is -1.69. The summed E-state index contributed by atoms with van der Waals surface area (Å²) in [6, 6.07) is 0. The van der Waals surface area contributed by atoms with Gasteiger partial charge in [-0.25, -0.2) is 4.79 Å². The number of carbonyl (C=O) groups excluding carboxylic acids is 1. The Bertz CT molecular complexity index is 304. The SMILES string of the molecule is C=C(CC(=O)O)C(=O)OC1C=CCCC1. The molecule has 15 heavy (non-hydrogen) atoms. The van der Waals surface area contributed by atoms with Crippen molar-refractivity contribution in [2.75, 3.05) is 0 Å². The van der Waals surface area contributed by atoms with E-state index in [1.54, 1.807) is 0 Å². The number of esters is 1. The predicted octanol–water partition coefficient (Wildman–Crippen LogP) is 1.67. The molecule has 0 bridgehead atoms. The number of hydrogen-bond donors (Lipinski definition) is 1. The van der Waals surface area contributed by atoms with Gasteiger partial charge < -0.3 is 9.84 Å². The summed E-state index contributed by atoms with van der Waals surface area (Å²) in [5.41, 5.74) is -0.0125. The third-order valence-corrected chi connectivity index (χ3v) is 2.12. The lowest BCUT2D eigenvalue weighted by molar-refractivity contribution is -0.145. The zero-order valence-electron chi connectivity index (χ0n) is 8.44. The molecule has 82 valence electrons. The molecule has 0 radical (unpaired) electrons. The number of carboxylic acid groups (broad SMARTS) is 1. The molecule has 0 fully saturated rings. The van der Waals surface area contributed by atoms with Gasteiger partial charge in [0.25, 0.3) is 0 Å². The predicted molar refractivity (Wildman–Crippen MR) is 54.3 cm³/mol. The Kier molecular flexibility index (Phi) is 4.09. The molecule has 1 atom stereocenters. The van der Waals surface area contributed by atoms with Gasteiger partial charge in [0, 0.05) is 5.57 Å². The molecular weight excluding hydrogens is 196 g/mol. The maximum atomic E-state index is 11.3. The van der Waals surface area contributed by atoms with Crippen molar-refractivity contribution in [3.8, 4) is 0 Å². The first kappa shape index (κ1) is 11.5. The monoisotopic (exact) mass is 210 g/mol. The highest BCUT2D eigenvalue weighted by atomic mass is 16.5. The van der Waals surface area contributed by atoms with E-state index in [-0.39, 0.29) is 18.1 Å². The molecule has 4 heteroatoms. The molecule has 0 saturated carbocycles. The van der Waals surface area contributed by atoms with E-state index in [0.717, 1.165) is 19.3 Å². The van der Waals surface area contributed by atoms with Crippen molar-refractivity contribution in [1.82, 2.24) is 0 Å². The summed E-state index contributed by atoms with van der Waals surface area (Å²) in [5, 5.41) is 8.46. The largest absolute Gasteiger partial charge is 0.481 e. The van der Waals surface area contributed by atoms with E-state index < -0.39 is 11.9 Å². The molecule has 0 saturated heterocycles. The number of carboxylic acids is 1. The average Bonchev–Trinajstić information content (AvgIpc) is 2.18. The fourth-order valence-electron chi connectivity index (χ4n) is 1.35. The smallest absolute Gasteiger partial charge is 0.334 e. The standard InChI is InChI=1S/C11H14O4/c1-8(7-10(12)13)11(14)15-9-5-3-2-4-6-9/h3,5,9H,1-2,4,6-7H2,(H,12,13). The molecule has 0 heterocycles. The Hall–Kier alpha value is -1.58. The summed E-state index contributed by atoms with van der Waals surface area (Å²) in [6.45, 7) is 3.38. The molecule has 0 amide bonds. The molecular formula is C11H14O4. The Labute approximate surface area is 88.2 Å². The molecule has 0 aromatic heterocycles. The lowest BCUT2D eigenvalue weighted by atomic mass is 10.1. The molecule has 4 nitrogen and oxygen atoms in total. The fourth-order valence-corrected chi connectivity index (χ4v) is 1.35. The third-order valence-electron chi connectivity index (χ3n) is 2.12. The van der Waals surface area contributed by atoms with Gasteiger partial charge in [0.15, 0.2) is 0 Å². The normalized spacial score (nSPS) is 19.6. The number of carbonyl (C=O) groups is 2. The van der Waals surface area contributed by atoms with Crippen molar-refractivity contribution in [2.24, 2.45) is 0 Å². The summed E-state index contributed by atoms with van der Waals surface area (Å²) in [7, 11) is 0. The van der Waals surface area contributed by atoms with Crippen LogP contribution in [0.4, 0.5) is 0 Å². The molecule has 0 aliphatic heterocycles. The van der Waals surface area contributed by atoms with Crippen molar-refractivity contribution in [3.05, 3.63) is 24.3 Å². The Balaban J connectivity index is 2.40. The summed E-state index contributed by atoms with van der Waals surface area (Å²) in [4.78, 5) is 21.7. The van der Waals surface area contributed by atoms with Crippen LogP contribution < -0.4 is 0 Å². The molecule has 0 spiro atoms. The van der Waals surface area contributed by atoms with Crippen molar-refractivity contribution in [2.45, 2.75) is 31.8 Å². The van der Waals surface area contributed by atoms with Gasteiger partial charge in [0.05, 0.1) is 6.42 Å². The van der Waals surface area contributed by atoms with Crippen molar-refractivity contribution in [3.63, 3.8) is 0 Å². The minimum absolute atomic E-state index is 0.0125. The summed E-state index contributed by atoms with van der Waals surface area (Å²) in [6.07, 6.45) is 5.98. The van der Waals surface area contributed by atoms with E-state index in [0.29, 0.717) is 0 Å². The fraction of sp³-hybridized carbons (Fsp3) is 0.455.